The number of aliphatic carboxylic acids is 1. The maximum Gasteiger partial charge on any atom is 0.307 e. The molecular formula is C12H18N2O3. The Kier molecular flexibility index (Phi) is 3.76. The second-order valence-corrected chi connectivity index (χ2v) is 4.63. The van der Waals surface area contributed by atoms with E-state index < -0.39 is 5.97 Å². The number of hydrogen-bond donors (Lipinski definition) is 1. The number of aryl methyl sites for hydroxylation is 1. The second-order valence-electron chi connectivity index (χ2n) is 4.63. The summed E-state index contributed by atoms with van der Waals surface area (Å²) in [6.45, 7) is 2.05. The van der Waals surface area contributed by atoms with Crippen molar-refractivity contribution in [3.63, 3.8) is 0 Å². The summed E-state index contributed by atoms with van der Waals surface area (Å²) in [5.74, 6) is 0.000682. The van der Waals surface area contributed by atoms with Gasteiger partial charge in [-0.25, -0.2) is 0 Å². The molecule has 2 unspecified atom stereocenters. The number of rotatable bonds is 4. The van der Waals surface area contributed by atoms with Gasteiger partial charge in [0.15, 0.2) is 5.82 Å². The van der Waals surface area contributed by atoms with Crippen molar-refractivity contribution < 1.29 is 14.4 Å². The normalized spacial score (nSPS) is 24.8. The highest BCUT2D eigenvalue weighted by molar-refractivity contribution is 5.71. The SMILES string of the molecule is CCCc1noc(C2CCCCC2C(=O)O)n1. The molecule has 1 N–H and O–H groups in total. The van der Waals surface area contributed by atoms with E-state index in [2.05, 4.69) is 17.1 Å². The molecule has 1 aliphatic rings. The molecule has 0 aromatic carbocycles. The monoisotopic (exact) mass is 238 g/mol. The van der Waals surface area contributed by atoms with Crippen LogP contribution in [0.25, 0.3) is 0 Å². The maximum atomic E-state index is 11.2. The molecule has 1 saturated carbocycles. The smallest absolute Gasteiger partial charge is 0.307 e. The fourth-order valence-corrected chi connectivity index (χ4v) is 2.47. The van der Waals surface area contributed by atoms with Gasteiger partial charge in [-0.2, -0.15) is 4.98 Å². The third-order valence-corrected chi connectivity index (χ3v) is 3.36. The van der Waals surface area contributed by atoms with Gasteiger partial charge in [-0.15, -0.1) is 0 Å². The van der Waals surface area contributed by atoms with E-state index in [1.165, 1.54) is 0 Å². The van der Waals surface area contributed by atoms with E-state index in [1.54, 1.807) is 0 Å². The van der Waals surface area contributed by atoms with Gasteiger partial charge in [-0.1, -0.05) is 24.9 Å². The van der Waals surface area contributed by atoms with Crippen molar-refractivity contribution in [3.8, 4) is 0 Å². The molecule has 0 aliphatic heterocycles. The van der Waals surface area contributed by atoms with E-state index in [0.717, 1.165) is 32.1 Å². The van der Waals surface area contributed by atoms with Crippen LogP contribution in [0.3, 0.4) is 0 Å². The van der Waals surface area contributed by atoms with E-state index in [0.29, 0.717) is 18.1 Å². The van der Waals surface area contributed by atoms with Crippen LogP contribution < -0.4 is 0 Å². The average Bonchev–Trinajstić information content (AvgIpc) is 2.78. The van der Waals surface area contributed by atoms with E-state index in [4.69, 9.17) is 4.52 Å². The molecule has 17 heavy (non-hydrogen) atoms. The van der Waals surface area contributed by atoms with Gasteiger partial charge in [0.05, 0.1) is 11.8 Å². The van der Waals surface area contributed by atoms with E-state index >= 15 is 0 Å². The number of aromatic nitrogens is 2. The predicted molar refractivity (Wildman–Crippen MR) is 60.6 cm³/mol. The zero-order valence-electron chi connectivity index (χ0n) is 10.1. The standard InChI is InChI=1S/C12H18N2O3/c1-2-5-10-13-11(17-14-10)8-6-3-4-7-9(8)12(15)16/h8-9H,2-7H2,1H3,(H,15,16). The third kappa shape index (κ3) is 2.65. The molecule has 2 atom stereocenters. The van der Waals surface area contributed by atoms with Crippen molar-refractivity contribution in [1.29, 1.82) is 0 Å². The number of carboxylic acids is 1. The first kappa shape index (κ1) is 12.1. The zero-order chi connectivity index (χ0) is 12.3. The highest BCUT2D eigenvalue weighted by atomic mass is 16.5. The summed E-state index contributed by atoms with van der Waals surface area (Å²) in [6, 6.07) is 0. The summed E-state index contributed by atoms with van der Waals surface area (Å²) in [7, 11) is 0. The van der Waals surface area contributed by atoms with Crippen LogP contribution in [-0.4, -0.2) is 21.2 Å². The number of nitrogens with zero attached hydrogens (tertiary/aromatic N) is 2. The van der Waals surface area contributed by atoms with E-state index in [-0.39, 0.29) is 11.8 Å². The van der Waals surface area contributed by atoms with Crippen LogP contribution in [0.15, 0.2) is 4.52 Å². The second kappa shape index (κ2) is 5.29. The molecule has 0 spiro atoms. The molecule has 1 heterocycles. The molecule has 1 aliphatic carbocycles. The summed E-state index contributed by atoms with van der Waals surface area (Å²) in [5, 5.41) is 13.1. The van der Waals surface area contributed by atoms with Crippen molar-refractivity contribution in [1.82, 2.24) is 10.1 Å². The third-order valence-electron chi connectivity index (χ3n) is 3.36. The van der Waals surface area contributed by atoms with Crippen LogP contribution in [0.2, 0.25) is 0 Å². The number of carboxylic acid groups (broad SMARTS) is 1. The fraction of sp³-hybridized carbons (Fsp3) is 0.750. The van der Waals surface area contributed by atoms with Gasteiger partial charge >= 0.3 is 5.97 Å². The lowest BCUT2D eigenvalue weighted by Crippen LogP contribution is -2.25. The minimum atomic E-state index is -0.745. The fourth-order valence-electron chi connectivity index (χ4n) is 2.47. The molecule has 0 amide bonds. The molecular weight excluding hydrogens is 220 g/mol. The van der Waals surface area contributed by atoms with Crippen molar-refractivity contribution in [2.75, 3.05) is 0 Å². The lowest BCUT2D eigenvalue weighted by molar-refractivity contribution is -0.143. The van der Waals surface area contributed by atoms with Crippen LogP contribution in [0.4, 0.5) is 0 Å². The average molecular weight is 238 g/mol. The highest BCUT2D eigenvalue weighted by Crippen LogP contribution is 2.37. The van der Waals surface area contributed by atoms with E-state index in [9.17, 15) is 9.90 Å². The lowest BCUT2D eigenvalue weighted by Gasteiger charge is -2.25. The summed E-state index contributed by atoms with van der Waals surface area (Å²) < 4.78 is 5.21. The van der Waals surface area contributed by atoms with Crippen molar-refractivity contribution >= 4 is 5.97 Å². The molecule has 0 radical (unpaired) electrons. The Morgan fingerprint density at radius 1 is 1.47 bits per heavy atom. The molecule has 0 bridgehead atoms. The van der Waals surface area contributed by atoms with Gasteiger partial charge in [0.1, 0.15) is 0 Å². The Balaban J connectivity index is 2.14. The first-order chi connectivity index (χ1) is 8.22. The molecule has 1 fully saturated rings. The largest absolute Gasteiger partial charge is 0.481 e. The van der Waals surface area contributed by atoms with Gasteiger partial charge in [0, 0.05) is 6.42 Å². The lowest BCUT2D eigenvalue weighted by atomic mass is 9.79. The van der Waals surface area contributed by atoms with Crippen LogP contribution in [0.1, 0.15) is 56.7 Å². The first-order valence-electron chi connectivity index (χ1n) is 6.27. The molecule has 5 heteroatoms. The van der Waals surface area contributed by atoms with Crippen LogP contribution in [-0.2, 0) is 11.2 Å². The minimum absolute atomic E-state index is 0.0978. The summed E-state index contributed by atoms with van der Waals surface area (Å²) in [4.78, 5) is 15.5. The summed E-state index contributed by atoms with van der Waals surface area (Å²) in [6.07, 6.45) is 5.32. The first-order valence-corrected chi connectivity index (χ1v) is 6.27. The number of hydrogen-bond acceptors (Lipinski definition) is 4. The maximum absolute atomic E-state index is 11.2. The molecule has 1 aromatic heterocycles. The van der Waals surface area contributed by atoms with Crippen LogP contribution in [0.5, 0.6) is 0 Å². The van der Waals surface area contributed by atoms with Crippen LogP contribution >= 0.6 is 0 Å². The summed E-state index contributed by atoms with van der Waals surface area (Å²) >= 11 is 0. The summed E-state index contributed by atoms with van der Waals surface area (Å²) in [5.41, 5.74) is 0. The molecule has 2 rings (SSSR count). The quantitative estimate of drug-likeness (QED) is 0.871. The molecule has 1 aromatic rings. The van der Waals surface area contributed by atoms with Gasteiger partial charge in [0.2, 0.25) is 5.89 Å². The van der Waals surface area contributed by atoms with Gasteiger partial charge in [-0.05, 0) is 19.3 Å². The van der Waals surface area contributed by atoms with Crippen molar-refractivity contribution in [2.24, 2.45) is 5.92 Å². The van der Waals surface area contributed by atoms with Crippen molar-refractivity contribution in [3.05, 3.63) is 11.7 Å². The van der Waals surface area contributed by atoms with Gasteiger partial charge in [-0.3, -0.25) is 4.79 Å². The van der Waals surface area contributed by atoms with Crippen molar-refractivity contribution in [2.45, 2.75) is 51.4 Å². The Bertz CT molecular complexity index is 389. The highest BCUT2D eigenvalue weighted by Gasteiger charge is 2.35. The molecule has 94 valence electrons. The molecule has 5 nitrogen and oxygen atoms in total. The minimum Gasteiger partial charge on any atom is -0.481 e. The Morgan fingerprint density at radius 2 is 2.24 bits per heavy atom. The number of carbonyl (C=O) groups is 1. The zero-order valence-corrected chi connectivity index (χ0v) is 10.1. The molecule has 0 saturated heterocycles. The van der Waals surface area contributed by atoms with Gasteiger partial charge in [0.25, 0.3) is 0 Å². The Hall–Kier alpha value is -1.39. The predicted octanol–water partition coefficient (Wildman–Crippen LogP) is 2.38. The Morgan fingerprint density at radius 3 is 2.94 bits per heavy atom. The topological polar surface area (TPSA) is 76.2 Å². The van der Waals surface area contributed by atoms with Crippen LogP contribution in [0, 0.1) is 5.92 Å². The Labute approximate surface area is 100 Å². The van der Waals surface area contributed by atoms with E-state index in [1.807, 2.05) is 0 Å². The van der Waals surface area contributed by atoms with Gasteiger partial charge < -0.3 is 9.63 Å².